The van der Waals surface area contributed by atoms with Crippen LogP contribution in [0, 0.1) is 6.92 Å². The molecule has 0 atom stereocenters. The highest BCUT2D eigenvalue weighted by atomic mass is 32.2. The molecule has 0 aliphatic carbocycles. The molecule has 0 bridgehead atoms. The van der Waals surface area contributed by atoms with Crippen LogP contribution < -0.4 is 4.72 Å². The Hall–Kier alpha value is -0.560. The first-order valence-electron chi connectivity index (χ1n) is 7.20. The van der Waals surface area contributed by atoms with Crippen molar-refractivity contribution in [2.45, 2.75) is 44.1 Å². The molecule has 0 amide bonds. The third kappa shape index (κ3) is 6.38. The Bertz CT molecular complexity index is 530. The summed E-state index contributed by atoms with van der Waals surface area (Å²) in [6.07, 6.45) is 6.31. The van der Waals surface area contributed by atoms with Crippen LogP contribution in [0.15, 0.2) is 23.1 Å². The van der Waals surface area contributed by atoms with E-state index in [9.17, 15) is 13.5 Å². The molecule has 0 aliphatic heterocycles. The minimum absolute atomic E-state index is 0.148. The summed E-state index contributed by atoms with van der Waals surface area (Å²) in [6, 6.07) is 4.84. The first-order chi connectivity index (χ1) is 10.0. The van der Waals surface area contributed by atoms with E-state index in [-0.39, 0.29) is 11.5 Å². The van der Waals surface area contributed by atoms with Crippen molar-refractivity contribution in [1.29, 1.82) is 0 Å². The largest absolute Gasteiger partial charge is 0.392 e. The molecular formula is C15H25NO3S2. The maximum atomic E-state index is 12.2. The van der Waals surface area contributed by atoms with Gasteiger partial charge in [0, 0.05) is 6.54 Å². The second-order valence-corrected chi connectivity index (χ2v) is 7.80. The molecule has 2 N–H and O–H groups in total. The van der Waals surface area contributed by atoms with Crippen molar-refractivity contribution in [3.63, 3.8) is 0 Å². The molecule has 0 aromatic heterocycles. The van der Waals surface area contributed by atoms with Gasteiger partial charge in [0.05, 0.1) is 11.5 Å². The Morgan fingerprint density at radius 2 is 1.90 bits per heavy atom. The molecule has 1 rings (SSSR count). The zero-order valence-electron chi connectivity index (χ0n) is 12.8. The maximum Gasteiger partial charge on any atom is 0.240 e. The summed E-state index contributed by atoms with van der Waals surface area (Å²) in [6.45, 7) is 2.17. The third-order valence-corrected chi connectivity index (χ3v) is 5.52. The normalized spacial score (nSPS) is 11.8. The first-order valence-corrected chi connectivity index (χ1v) is 10.1. The summed E-state index contributed by atoms with van der Waals surface area (Å²) in [5, 5.41) is 9.21. The Morgan fingerprint density at radius 3 is 2.57 bits per heavy atom. The number of hydrogen-bond acceptors (Lipinski definition) is 4. The van der Waals surface area contributed by atoms with E-state index in [2.05, 4.69) is 11.0 Å². The van der Waals surface area contributed by atoms with E-state index in [1.54, 1.807) is 12.1 Å². The van der Waals surface area contributed by atoms with Gasteiger partial charge >= 0.3 is 0 Å². The van der Waals surface area contributed by atoms with Crippen LogP contribution in [-0.2, 0) is 16.6 Å². The van der Waals surface area contributed by atoms with E-state index >= 15 is 0 Å². The fraction of sp³-hybridized carbons (Fsp3) is 0.600. The average Bonchev–Trinajstić information content (AvgIpc) is 2.46. The summed E-state index contributed by atoms with van der Waals surface area (Å²) < 4.78 is 26.9. The molecule has 0 saturated heterocycles. The van der Waals surface area contributed by atoms with Crippen LogP contribution in [0.5, 0.6) is 0 Å². The number of rotatable bonds is 10. The summed E-state index contributed by atoms with van der Waals surface area (Å²) >= 11 is 1.84. The number of nitrogens with one attached hydrogen (secondary N) is 1. The fourth-order valence-electron chi connectivity index (χ4n) is 2.00. The Balaban J connectivity index is 2.46. The van der Waals surface area contributed by atoms with Crippen molar-refractivity contribution in [2.24, 2.45) is 0 Å². The second-order valence-electron chi connectivity index (χ2n) is 5.05. The highest BCUT2D eigenvalue weighted by Gasteiger charge is 2.14. The zero-order valence-corrected chi connectivity index (χ0v) is 14.4. The molecule has 4 nitrogen and oxygen atoms in total. The summed E-state index contributed by atoms with van der Waals surface area (Å²) in [5.41, 5.74) is 1.54. The molecule has 6 heteroatoms. The molecule has 0 heterocycles. The van der Waals surface area contributed by atoms with Crippen molar-refractivity contribution in [3.05, 3.63) is 29.3 Å². The Labute approximate surface area is 132 Å². The number of aliphatic hydroxyl groups excluding tert-OH is 1. The summed E-state index contributed by atoms with van der Waals surface area (Å²) in [5.74, 6) is 1.17. The lowest BCUT2D eigenvalue weighted by molar-refractivity contribution is 0.280. The standard InChI is InChI=1S/C15H25NO3S2/c1-13-7-8-15(11-14(13)12-17)21(18,19)16-9-5-3-4-6-10-20-2/h7-8,11,16-17H,3-6,9-10,12H2,1-2H3. The quantitative estimate of drug-likeness (QED) is 0.647. The van der Waals surface area contributed by atoms with Gasteiger partial charge in [0.15, 0.2) is 0 Å². The first kappa shape index (κ1) is 18.5. The average molecular weight is 332 g/mol. The number of aliphatic hydroxyl groups is 1. The van der Waals surface area contributed by atoms with Crippen LogP contribution in [0.1, 0.15) is 36.8 Å². The summed E-state index contributed by atoms with van der Waals surface area (Å²) in [4.78, 5) is 0.222. The van der Waals surface area contributed by atoms with Crippen molar-refractivity contribution in [2.75, 3.05) is 18.6 Å². The van der Waals surface area contributed by atoms with Crippen LogP contribution in [0.2, 0.25) is 0 Å². The van der Waals surface area contributed by atoms with Crippen LogP contribution in [0.4, 0.5) is 0 Å². The predicted molar refractivity (Wildman–Crippen MR) is 89.1 cm³/mol. The smallest absolute Gasteiger partial charge is 0.240 e. The lowest BCUT2D eigenvalue weighted by Gasteiger charge is -2.09. The second kappa shape index (κ2) is 9.46. The molecule has 0 radical (unpaired) electrons. The molecule has 0 unspecified atom stereocenters. The van der Waals surface area contributed by atoms with Gasteiger partial charge in [0.25, 0.3) is 0 Å². The SMILES string of the molecule is CSCCCCCCNS(=O)(=O)c1ccc(C)c(CO)c1. The monoisotopic (exact) mass is 331 g/mol. The van der Waals surface area contributed by atoms with E-state index in [1.807, 2.05) is 18.7 Å². The maximum absolute atomic E-state index is 12.2. The van der Waals surface area contributed by atoms with E-state index in [4.69, 9.17) is 0 Å². The van der Waals surface area contributed by atoms with Crippen LogP contribution in [0.3, 0.4) is 0 Å². The Kier molecular flexibility index (Phi) is 8.33. The molecule has 0 fully saturated rings. The number of sulfonamides is 1. The van der Waals surface area contributed by atoms with Crippen molar-refractivity contribution in [1.82, 2.24) is 4.72 Å². The molecule has 1 aromatic rings. The molecule has 0 aliphatic rings. The molecule has 0 spiro atoms. The fourth-order valence-corrected chi connectivity index (χ4v) is 3.62. The van der Waals surface area contributed by atoms with E-state index in [0.717, 1.165) is 24.8 Å². The van der Waals surface area contributed by atoms with Gasteiger partial charge in [0.2, 0.25) is 10.0 Å². The van der Waals surface area contributed by atoms with E-state index < -0.39 is 10.0 Å². The van der Waals surface area contributed by atoms with Crippen molar-refractivity contribution >= 4 is 21.8 Å². The van der Waals surface area contributed by atoms with Crippen LogP contribution >= 0.6 is 11.8 Å². The molecule has 21 heavy (non-hydrogen) atoms. The van der Waals surface area contributed by atoms with E-state index in [0.29, 0.717) is 12.1 Å². The minimum Gasteiger partial charge on any atom is -0.392 e. The number of benzene rings is 1. The molecular weight excluding hydrogens is 306 g/mol. The number of unbranched alkanes of at least 4 members (excludes halogenated alkanes) is 3. The van der Waals surface area contributed by atoms with Gasteiger partial charge in [-0.3, -0.25) is 0 Å². The van der Waals surface area contributed by atoms with Gasteiger partial charge in [-0.25, -0.2) is 13.1 Å². The van der Waals surface area contributed by atoms with Crippen molar-refractivity contribution < 1.29 is 13.5 Å². The number of aryl methyl sites for hydroxylation is 1. The molecule has 0 saturated carbocycles. The van der Waals surface area contributed by atoms with E-state index in [1.165, 1.54) is 18.2 Å². The molecule has 1 aromatic carbocycles. The van der Waals surface area contributed by atoms with Gasteiger partial charge in [-0.05, 0) is 55.0 Å². The topological polar surface area (TPSA) is 66.4 Å². The number of thioether (sulfide) groups is 1. The van der Waals surface area contributed by atoms with Crippen molar-refractivity contribution in [3.8, 4) is 0 Å². The van der Waals surface area contributed by atoms with Gasteiger partial charge in [0.1, 0.15) is 0 Å². The van der Waals surface area contributed by atoms with Gasteiger partial charge in [-0.1, -0.05) is 18.9 Å². The zero-order chi connectivity index (χ0) is 15.7. The van der Waals surface area contributed by atoms with Gasteiger partial charge in [-0.15, -0.1) is 0 Å². The Morgan fingerprint density at radius 1 is 1.19 bits per heavy atom. The lowest BCUT2D eigenvalue weighted by atomic mass is 10.1. The number of hydrogen-bond donors (Lipinski definition) is 2. The van der Waals surface area contributed by atoms with Gasteiger partial charge < -0.3 is 5.11 Å². The third-order valence-electron chi connectivity index (χ3n) is 3.37. The van der Waals surface area contributed by atoms with Crippen LogP contribution in [-0.4, -0.2) is 32.1 Å². The summed E-state index contributed by atoms with van der Waals surface area (Å²) in [7, 11) is -3.47. The highest BCUT2D eigenvalue weighted by Crippen LogP contribution is 2.15. The van der Waals surface area contributed by atoms with Crippen LogP contribution in [0.25, 0.3) is 0 Å². The molecule has 120 valence electrons. The predicted octanol–water partition coefficient (Wildman–Crippen LogP) is 2.69. The minimum atomic E-state index is -3.47. The lowest BCUT2D eigenvalue weighted by Crippen LogP contribution is -2.25. The van der Waals surface area contributed by atoms with Gasteiger partial charge in [-0.2, -0.15) is 11.8 Å². The highest BCUT2D eigenvalue weighted by molar-refractivity contribution is 7.98.